The first-order valence-electron chi connectivity index (χ1n) is 11.0. The van der Waals surface area contributed by atoms with Crippen LogP contribution in [0, 0.1) is 17.8 Å². The predicted octanol–water partition coefficient (Wildman–Crippen LogP) is 3.15. The van der Waals surface area contributed by atoms with E-state index in [1.807, 2.05) is 0 Å². The Bertz CT molecular complexity index is 964. The summed E-state index contributed by atoms with van der Waals surface area (Å²) < 4.78 is 70.7. The zero-order valence-corrected chi connectivity index (χ0v) is 19.5. The predicted molar refractivity (Wildman–Crippen MR) is 113 cm³/mol. The summed E-state index contributed by atoms with van der Waals surface area (Å²) in [4.78, 5) is 26.1. The molecule has 2 unspecified atom stereocenters. The van der Waals surface area contributed by atoms with Crippen molar-refractivity contribution < 1.29 is 35.9 Å². The highest BCUT2D eigenvalue weighted by molar-refractivity contribution is 7.89. The Balaban J connectivity index is 1.53. The molecule has 0 aliphatic carbocycles. The second kappa shape index (κ2) is 10.0. The smallest absolute Gasteiger partial charge is 0.416 e. The van der Waals surface area contributed by atoms with Crippen molar-refractivity contribution in [2.45, 2.75) is 44.2 Å². The van der Waals surface area contributed by atoms with Crippen molar-refractivity contribution in [3.63, 3.8) is 0 Å². The van der Waals surface area contributed by atoms with Gasteiger partial charge in [-0.15, -0.1) is 0 Å². The van der Waals surface area contributed by atoms with Gasteiger partial charge in [0.05, 0.1) is 16.4 Å². The zero-order valence-electron chi connectivity index (χ0n) is 18.7. The molecule has 2 atom stereocenters. The fraction of sp³-hybridized carbons (Fsp3) is 0.636. The normalized spacial score (nSPS) is 23.4. The quantitative estimate of drug-likeness (QED) is 0.592. The maximum Gasteiger partial charge on any atom is 0.416 e. The molecule has 33 heavy (non-hydrogen) atoms. The number of hydrogen-bond acceptors (Lipinski definition) is 5. The summed E-state index contributed by atoms with van der Waals surface area (Å²) in [6.07, 6.45) is -3.26. The van der Waals surface area contributed by atoms with Gasteiger partial charge in [0.25, 0.3) is 5.91 Å². The summed E-state index contributed by atoms with van der Waals surface area (Å²) in [5.74, 6) is -0.596. The highest BCUT2D eigenvalue weighted by Crippen LogP contribution is 2.32. The van der Waals surface area contributed by atoms with Crippen molar-refractivity contribution in [1.82, 2.24) is 9.21 Å². The first kappa shape index (κ1) is 25.5. The lowest BCUT2D eigenvalue weighted by molar-refractivity contribution is -0.157. The molecule has 0 N–H and O–H groups in total. The SMILES string of the molecule is CC1CC(C)CN(C(=O)COC(=O)C2CCN(S(=O)(=O)c3cccc(C(F)(F)F)c3)CC2)C1. The third kappa shape index (κ3) is 6.26. The molecule has 0 bridgehead atoms. The van der Waals surface area contributed by atoms with E-state index in [2.05, 4.69) is 13.8 Å². The van der Waals surface area contributed by atoms with E-state index in [-0.39, 0.29) is 38.4 Å². The third-order valence-electron chi connectivity index (χ3n) is 6.15. The van der Waals surface area contributed by atoms with Crippen LogP contribution in [0.5, 0.6) is 0 Å². The lowest BCUT2D eigenvalue weighted by Gasteiger charge is -2.35. The average Bonchev–Trinajstić information content (AvgIpc) is 2.76. The summed E-state index contributed by atoms with van der Waals surface area (Å²) in [6, 6.07) is 3.61. The van der Waals surface area contributed by atoms with Crippen molar-refractivity contribution in [3.8, 4) is 0 Å². The van der Waals surface area contributed by atoms with Crippen LogP contribution in [0.2, 0.25) is 0 Å². The number of piperidine rings is 2. The largest absolute Gasteiger partial charge is 0.455 e. The highest BCUT2D eigenvalue weighted by Gasteiger charge is 2.36. The first-order valence-corrected chi connectivity index (χ1v) is 12.4. The van der Waals surface area contributed by atoms with Crippen LogP contribution >= 0.6 is 0 Å². The standard InChI is InChI=1S/C22H29F3N2O5S/c1-15-10-16(2)13-26(12-15)20(28)14-32-21(29)17-6-8-27(9-7-17)33(30,31)19-5-3-4-18(11-19)22(23,24)25/h3-5,11,15-17H,6-10,12-14H2,1-2H3. The summed E-state index contributed by atoms with van der Waals surface area (Å²) in [5, 5.41) is 0. The Hall–Kier alpha value is -2.14. The van der Waals surface area contributed by atoms with E-state index in [1.54, 1.807) is 4.90 Å². The summed E-state index contributed by atoms with van der Waals surface area (Å²) in [7, 11) is -4.12. The van der Waals surface area contributed by atoms with Gasteiger partial charge >= 0.3 is 12.1 Å². The van der Waals surface area contributed by atoms with Crippen LogP contribution in [0.25, 0.3) is 0 Å². The van der Waals surface area contributed by atoms with E-state index in [0.29, 0.717) is 31.0 Å². The molecule has 1 aromatic rings. The fourth-order valence-corrected chi connectivity index (χ4v) is 6.04. The summed E-state index contributed by atoms with van der Waals surface area (Å²) >= 11 is 0. The molecule has 1 amide bonds. The average molecular weight is 491 g/mol. The van der Waals surface area contributed by atoms with Crippen molar-refractivity contribution in [3.05, 3.63) is 29.8 Å². The Morgan fingerprint density at radius 1 is 1.09 bits per heavy atom. The van der Waals surface area contributed by atoms with E-state index in [0.717, 1.165) is 28.9 Å². The lowest BCUT2D eigenvalue weighted by atomic mass is 9.92. The Morgan fingerprint density at radius 3 is 2.27 bits per heavy atom. The highest BCUT2D eigenvalue weighted by atomic mass is 32.2. The maximum absolute atomic E-state index is 12.9. The van der Waals surface area contributed by atoms with Crippen LogP contribution in [-0.2, 0) is 30.5 Å². The lowest BCUT2D eigenvalue weighted by Crippen LogP contribution is -2.45. The molecule has 0 radical (unpaired) electrons. The van der Waals surface area contributed by atoms with Gasteiger partial charge in [-0.1, -0.05) is 19.9 Å². The number of carbonyl (C=O) groups excluding carboxylic acids is 2. The van der Waals surface area contributed by atoms with E-state index in [1.165, 1.54) is 0 Å². The van der Waals surface area contributed by atoms with Crippen molar-refractivity contribution in [1.29, 1.82) is 0 Å². The van der Waals surface area contributed by atoms with Gasteiger partial charge in [-0.25, -0.2) is 8.42 Å². The Morgan fingerprint density at radius 2 is 1.70 bits per heavy atom. The van der Waals surface area contributed by atoms with Crippen molar-refractivity contribution in [2.75, 3.05) is 32.8 Å². The number of hydrogen-bond donors (Lipinski definition) is 0. The monoisotopic (exact) mass is 490 g/mol. The van der Waals surface area contributed by atoms with Crippen LogP contribution in [0.1, 0.15) is 38.7 Å². The number of alkyl halides is 3. The van der Waals surface area contributed by atoms with Gasteiger partial charge < -0.3 is 9.64 Å². The molecule has 0 spiro atoms. The van der Waals surface area contributed by atoms with Crippen LogP contribution in [0.3, 0.4) is 0 Å². The molecule has 2 heterocycles. The molecule has 2 saturated heterocycles. The number of rotatable bonds is 5. The molecule has 184 valence electrons. The van der Waals surface area contributed by atoms with Crippen molar-refractivity contribution >= 4 is 21.9 Å². The van der Waals surface area contributed by atoms with E-state index >= 15 is 0 Å². The number of carbonyl (C=O) groups is 2. The molecular formula is C22H29F3N2O5S. The maximum atomic E-state index is 12.9. The molecule has 2 aliphatic heterocycles. The minimum absolute atomic E-state index is 0.0204. The van der Waals surface area contributed by atoms with Gasteiger partial charge in [-0.05, 0) is 49.3 Å². The van der Waals surface area contributed by atoms with E-state index < -0.39 is 38.5 Å². The molecule has 3 rings (SSSR count). The second-order valence-corrected chi connectivity index (χ2v) is 11.0. The number of nitrogens with zero attached hydrogens (tertiary/aromatic N) is 2. The number of halogens is 3. The van der Waals surface area contributed by atoms with E-state index in [4.69, 9.17) is 4.74 Å². The molecule has 11 heteroatoms. The number of sulfonamides is 1. The molecular weight excluding hydrogens is 461 g/mol. The number of ether oxygens (including phenoxy) is 1. The van der Waals surface area contributed by atoms with Gasteiger partial charge in [0.15, 0.2) is 6.61 Å². The molecule has 0 aromatic heterocycles. The summed E-state index contributed by atoms with van der Waals surface area (Å²) in [6.45, 7) is 5.02. The number of likely N-dealkylation sites (tertiary alicyclic amines) is 1. The van der Waals surface area contributed by atoms with Gasteiger partial charge in [0.2, 0.25) is 10.0 Å². The van der Waals surface area contributed by atoms with Gasteiger partial charge in [0.1, 0.15) is 0 Å². The zero-order chi connectivity index (χ0) is 24.4. The fourth-order valence-electron chi connectivity index (χ4n) is 4.52. The van der Waals surface area contributed by atoms with E-state index in [9.17, 15) is 31.2 Å². The first-order chi connectivity index (χ1) is 15.4. The summed E-state index contributed by atoms with van der Waals surface area (Å²) in [5.41, 5.74) is -1.04. The Labute approximate surface area is 191 Å². The number of esters is 1. The van der Waals surface area contributed by atoms with Gasteiger partial charge in [-0.3, -0.25) is 9.59 Å². The minimum atomic E-state index is -4.65. The van der Waals surface area contributed by atoms with Crippen LogP contribution in [-0.4, -0.2) is 62.3 Å². The topological polar surface area (TPSA) is 84.0 Å². The molecule has 2 aliphatic rings. The molecule has 2 fully saturated rings. The van der Waals surface area contributed by atoms with Crippen LogP contribution in [0.15, 0.2) is 29.2 Å². The Kier molecular flexibility index (Phi) is 7.73. The molecule has 7 nitrogen and oxygen atoms in total. The minimum Gasteiger partial charge on any atom is -0.455 e. The molecule has 0 saturated carbocycles. The second-order valence-electron chi connectivity index (χ2n) is 9.06. The number of benzene rings is 1. The van der Waals surface area contributed by atoms with Gasteiger partial charge in [-0.2, -0.15) is 17.5 Å². The van der Waals surface area contributed by atoms with Gasteiger partial charge in [0, 0.05) is 26.2 Å². The molecule has 1 aromatic carbocycles. The van der Waals surface area contributed by atoms with Crippen LogP contribution < -0.4 is 0 Å². The van der Waals surface area contributed by atoms with Crippen LogP contribution in [0.4, 0.5) is 13.2 Å². The third-order valence-corrected chi connectivity index (χ3v) is 8.04. The van der Waals surface area contributed by atoms with Crippen molar-refractivity contribution in [2.24, 2.45) is 17.8 Å². The number of amides is 1.